The fourth-order valence-electron chi connectivity index (χ4n) is 4.02. The molecule has 1 fully saturated rings. The first-order valence-corrected chi connectivity index (χ1v) is 15.8. The Bertz CT molecular complexity index is 1540. The number of carbonyl (C=O) groups is 1. The lowest BCUT2D eigenvalue weighted by Gasteiger charge is -2.31. The second-order valence-corrected chi connectivity index (χ2v) is 14.2. The van der Waals surface area contributed by atoms with Crippen LogP contribution in [0.5, 0.6) is 0 Å². The van der Waals surface area contributed by atoms with Gasteiger partial charge in [-0.2, -0.15) is 4.31 Å². The van der Waals surface area contributed by atoms with Gasteiger partial charge in [0.15, 0.2) is 9.84 Å². The fraction of sp³-hybridized carbons (Fsp3) is 0.292. The van der Waals surface area contributed by atoms with Gasteiger partial charge in [-0.25, -0.2) is 16.8 Å². The molecule has 2 heterocycles. The van der Waals surface area contributed by atoms with Crippen molar-refractivity contribution in [1.82, 2.24) is 9.62 Å². The zero-order valence-electron chi connectivity index (χ0n) is 20.4. The second kappa shape index (κ2) is 11.2. The number of anilines is 1. The third-order valence-corrected chi connectivity index (χ3v) is 10.6. The van der Waals surface area contributed by atoms with Crippen LogP contribution in [0.15, 0.2) is 69.8 Å². The predicted molar refractivity (Wildman–Crippen MR) is 144 cm³/mol. The number of carbonyl (C=O) groups excluding carboxylic acids is 1. The molecule has 0 bridgehead atoms. The third kappa shape index (κ3) is 6.56. The van der Waals surface area contributed by atoms with E-state index in [4.69, 9.17) is 0 Å². The summed E-state index contributed by atoms with van der Waals surface area (Å²) in [5.41, 5.74) is 0.822. The molecule has 0 saturated carbocycles. The molecule has 1 aliphatic rings. The van der Waals surface area contributed by atoms with Gasteiger partial charge in [-0.1, -0.05) is 6.07 Å². The Morgan fingerprint density at radius 1 is 1.05 bits per heavy atom. The average Bonchev–Trinajstić information content (AvgIpc) is 3.37. The number of nitro groups is 1. The summed E-state index contributed by atoms with van der Waals surface area (Å²) < 4.78 is 51.6. The van der Waals surface area contributed by atoms with Crippen LogP contribution in [-0.2, 0) is 26.4 Å². The zero-order chi connectivity index (χ0) is 27.5. The molecule has 4 rings (SSSR count). The number of nitro benzene ring substituents is 1. The molecule has 0 aliphatic carbocycles. The normalized spacial score (nSPS) is 15.2. The summed E-state index contributed by atoms with van der Waals surface area (Å²) in [4.78, 5) is 23.4. The van der Waals surface area contributed by atoms with Gasteiger partial charge >= 0.3 is 0 Å². The minimum absolute atomic E-state index is 0.00444. The Hall–Kier alpha value is -3.33. The molecule has 2 N–H and O–H groups in total. The molecule has 2 aromatic carbocycles. The first kappa shape index (κ1) is 27.7. The lowest BCUT2D eigenvalue weighted by atomic mass is 10.1. The summed E-state index contributed by atoms with van der Waals surface area (Å²) >= 11 is 1.08. The molecule has 1 aliphatic heterocycles. The van der Waals surface area contributed by atoms with Crippen LogP contribution in [0.1, 0.15) is 28.1 Å². The molecule has 0 unspecified atom stereocenters. The summed E-state index contributed by atoms with van der Waals surface area (Å²) in [7, 11) is -7.02. The first-order valence-electron chi connectivity index (χ1n) is 11.6. The number of rotatable bonds is 9. The molecule has 0 atom stereocenters. The minimum Gasteiger partial charge on any atom is -0.382 e. The van der Waals surface area contributed by atoms with Gasteiger partial charge in [-0.15, -0.1) is 11.3 Å². The highest BCUT2D eigenvalue weighted by Gasteiger charge is 2.30. The van der Waals surface area contributed by atoms with E-state index in [0.717, 1.165) is 17.6 Å². The third-order valence-electron chi connectivity index (χ3n) is 6.08. The Kier molecular flexibility index (Phi) is 8.16. The number of hydrogen-bond donors (Lipinski definition) is 2. The minimum atomic E-state index is -3.70. The zero-order valence-corrected chi connectivity index (χ0v) is 22.8. The summed E-state index contributed by atoms with van der Waals surface area (Å²) in [5.74, 6) is -0.422. The van der Waals surface area contributed by atoms with E-state index in [2.05, 4.69) is 10.6 Å². The number of non-ortho nitro benzene ring substituents is 1. The SMILES string of the molecule is CS(=O)(=O)c1cccc(NC2CCN(S(=O)(=O)c3ccc(CNC(=O)c4ccc([N+](=O)[O-])cc4)s3)CC2)c1. The van der Waals surface area contributed by atoms with Crippen LogP contribution in [0.4, 0.5) is 11.4 Å². The molecule has 38 heavy (non-hydrogen) atoms. The fourth-order valence-corrected chi connectivity index (χ4v) is 7.60. The van der Waals surface area contributed by atoms with Crippen LogP contribution in [0, 0.1) is 10.1 Å². The van der Waals surface area contributed by atoms with Crippen molar-refractivity contribution in [3.8, 4) is 0 Å². The molecule has 1 amide bonds. The average molecular weight is 579 g/mol. The smallest absolute Gasteiger partial charge is 0.269 e. The molecular formula is C24H26N4O7S3. The van der Waals surface area contributed by atoms with Crippen molar-refractivity contribution in [1.29, 1.82) is 0 Å². The van der Waals surface area contributed by atoms with E-state index in [1.165, 1.54) is 40.7 Å². The summed E-state index contributed by atoms with van der Waals surface area (Å²) in [6, 6.07) is 14.9. The Morgan fingerprint density at radius 3 is 2.37 bits per heavy atom. The molecule has 1 saturated heterocycles. The standard InChI is InChI=1S/C24H26N4O7S3/c1-37(32,33)22-4-2-3-19(15-22)26-18-11-13-27(14-12-18)38(34,35)23-10-9-21(36-23)16-25-24(29)17-5-7-20(8-6-17)28(30)31/h2-10,15,18,26H,11-14,16H2,1H3,(H,25,29). The number of benzene rings is 2. The van der Waals surface area contributed by atoms with Gasteiger partial charge < -0.3 is 10.6 Å². The van der Waals surface area contributed by atoms with Gasteiger partial charge in [-0.05, 0) is 55.3 Å². The number of sulfonamides is 1. The van der Waals surface area contributed by atoms with Crippen molar-refractivity contribution >= 4 is 48.5 Å². The number of thiophene rings is 1. The van der Waals surface area contributed by atoms with Gasteiger partial charge in [0, 0.05) is 53.6 Å². The predicted octanol–water partition coefficient (Wildman–Crippen LogP) is 3.26. The van der Waals surface area contributed by atoms with Crippen molar-refractivity contribution in [2.45, 2.75) is 34.5 Å². The number of sulfone groups is 1. The van der Waals surface area contributed by atoms with E-state index >= 15 is 0 Å². The molecule has 14 heteroatoms. The molecule has 3 aromatic rings. The Morgan fingerprint density at radius 2 is 1.74 bits per heavy atom. The van der Waals surface area contributed by atoms with Gasteiger partial charge in [0.2, 0.25) is 0 Å². The van der Waals surface area contributed by atoms with Crippen LogP contribution in [0.2, 0.25) is 0 Å². The monoisotopic (exact) mass is 578 g/mol. The van der Waals surface area contributed by atoms with Gasteiger partial charge in [0.1, 0.15) is 4.21 Å². The van der Waals surface area contributed by atoms with Crippen LogP contribution >= 0.6 is 11.3 Å². The summed E-state index contributed by atoms with van der Waals surface area (Å²) in [6.07, 6.45) is 2.27. The highest BCUT2D eigenvalue weighted by atomic mass is 32.2. The van der Waals surface area contributed by atoms with Crippen molar-refractivity contribution in [2.75, 3.05) is 24.7 Å². The van der Waals surface area contributed by atoms with Crippen LogP contribution in [-0.4, -0.2) is 57.4 Å². The number of amides is 1. The quantitative estimate of drug-likeness (QED) is 0.290. The molecule has 1 aromatic heterocycles. The van der Waals surface area contributed by atoms with Crippen molar-refractivity contribution in [2.24, 2.45) is 0 Å². The van der Waals surface area contributed by atoms with Gasteiger partial charge in [0.25, 0.3) is 21.6 Å². The van der Waals surface area contributed by atoms with Gasteiger partial charge in [-0.3, -0.25) is 14.9 Å². The first-order chi connectivity index (χ1) is 17.9. The summed E-state index contributed by atoms with van der Waals surface area (Å²) in [5, 5.41) is 16.8. The number of piperidine rings is 1. The maximum Gasteiger partial charge on any atom is 0.269 e. The topological polar surface area (TPSA) is 156 Å². The van der Waals surface area contributed by atoms with Crippen LogP contribution < -0.4 is 10.6 Å². The van der Waals surface area contributed by atoms with Gasteiger partial charge in [0.05, 0.1) is 16.4 Å². The van der Waals surface area contributed by atoms with E-state index in [-0.39, 0.29) is 32.9 Å². The van der Waals surface area contributed by atoms with Crippen LogP contribution in [0.25, 0.3) is 0 Å². The van der Waals surface area contributed by atoms with E-state index in [1.807, 2.05) is 0 Å². The molecular weight excluding hydrogens is 552 g/mol. The second-order valence-electron chi connectivity index (χ2n) is 8.83. The van der Waals surface area contributed by atoms with Crippen molar-refractivity contribution < 1.29 is 26.6 Å². The largest absolute Gasteiger partial charge is 0.382 e. The molecule has 11 nitrogen and oxygen atoms in total. The molecule has 0 radical (unpaired) electrons. The Labute approximate surface area is 224 Å². The van der Waals surface area contributed by atoms with E-state index < -0.39 is 30.7 Å². The number of nitrogens with one attached hydrogen (secondary N) is 2. The van der Waals surface area contributed by atoms with E-state index in [9.17, 15) is 31.7 Å². The van der Waals surface area contributed by atoms with Crippen molar-refractivity contribution in [3.05, 3.63) is 81.2 Å². The maximum absolute atomic E-state index is 13.2. The summed E-state index contributed by atoms with van der Waals surface area (Å²) in [6.45, 7) is 0.750. The maximum atomic E-state index is 13.2. The van der Waals surface area contributed by atoms with Crippen molar-refractivity contribution in [3.63, 3.8) is 0 Å². The van der Waals surface area contributed by atoms with Crippen LogP contribution in [0.3, 0.4) is 0 Å². The Balaban J connectivity index is 1.31. The van der Waals surface area contributed by atoms with E-state index in [0.29, 0.717) is 36.5 Å². The lowest BCUT2D eigenvalue weighted by molar-refractivity contribution is -0.384. The van der Waals surface area contributed by atoms with E-state index in [1.54, 1.807) is 24.3 Å². The highest BCUT2D eigenvalue weighted by molar-refractivity contribution is 7.91. The lowest BCUT2D eigenvalue weighted by Crippen LogP contribution is -2.42. The molecule has 0 spiro atoms. The molecule has 202 valence electrons. The highest BCUT2D eigenvalue weighted by Crippen LogP contribution is 2.28. The number of hydrogen-bond acceptors (Lipinski definition) is 9. The number of nitrogens with zero attached hydrogens (tertiary/aromatic N) is 2.